The zero-order valence-electron chi connectivity index (χ0n) is 9.29. The summed E-state index contributed by atoms with van der Waals surface area (Å²) in [6, 6.07) is 5.64. The van der Waals surface area contributed by atoms with E-state index in [1.54, 1.807) is 13.0 Å². The fourth-order valence-corrected chi connectivity index (χ4v) is 1.79. The van der Waals surface area contributed by atoms with Gasteiger partial charge in [-0.15, -0.1) is 0 Å². The van der Waals surface area contributed by atoms with Crippen LogP contribution in [-0.4, -0.2) is 30.2 Å². The number of carbonyl (C=O) groups excluding carboxylic acids is 1. The van der Waals surface area contributed by atoms with Crippen LogP contribution in [0.1, 0.15) is 22.8 Å². The number of benzene rings is 1. The molecule has 16 heavy (non-hydrogen) atoms. The van der Waals surface area contributed by atoms with Crippen LogP contribution in [0.15, 0.2) is 18.2 Å². The van der Waals surface area contributed by atoms with Gasteiger partial charge in [-0.3, -0.25) is 4.79 Å². The smallest absolute Gasteiger partial charge is 0.251 e. The molecule has 0 fully saturated rings. The van der Waals surface area contributed by atoms with Gasteiger partial charge in [-0.25, -0.2) is 0 Å². The van der Waals surface area contributed by atoms with Crippen LogP contribution in [0.3, 0.4) is 0 Å². The maximum absolute atomic E-state index is 11.7. The van der Waals surface area contributed by atoms with E-state index in [1.807, 2.05) is 12.1 Å². The van der Waals surface area contributed by atoms with E-state index in [0.29, 0.717) is 5.56 Å². The zero-order valence-corrected chi connectivity index (χ0v) is 9.29. The molecule has 0 aliphatic carbocycles. The van der Waals surface area contributed by atoms with E-state index in [-0.39, 0.29) is 12.5 Å². The summed E-state index contributed by atoms with van der Waals surface area (Å²) in [5.74, 6) is -0.129. The predicted molar refractivity (Wildman–Crippen MR) is 62.6 cm³/mol. The first kappa shape index (κ1) is 11.0. The van der Waals surface area contributed by atoms with Crippen LogP contribution in [0, 0.1) is 0 Å². The predicted octanol–water partition coefficient (Wildman–Crippen LogP) is 0.765. The van der Waals surface area contributed by atoms with E-state index >= 15 is 0 Å². The van der Waals surface area contributed by atoms with E-state index in [9.17, 15) is 4.79 Å². The van der Waals surface area contributed by atoms with Crippen LogP contribution in [0.25, 0.3) is 0 Å². The van der Waals surface area contributed by atoms with E-state index < -0.39 is 6.10 Å². The molecule has 0 saturated heterocycles. The number of aliphatic hydroxyl groups is 1. The van der Waals surface area contributed by atoms with E-state index in [0.717, 1.165) is 18.7 Å². The first-order valence-electron chi connectivity index (χ1n) is 5.50. The topological polar surface area (TPSA) is 61.4 Å². The maximum Gasteiger partial charge on any atom is 0.251 e. The molecule has 2 rings (SSSR count). The highest BCUT2D eigenvalue weighted by molar-refractivity contribution is 5.95. The van der Waals surface area contributed by atoms with Crippen LogP contribution >= 0.6 is 0 Å². The second-order valence-corrected chi connectivity index (χ2v) is 4.11. The van der Waals surface area contributed by atoms with Gasteiger partial charge in [0.05, 0.1) is 6.10 Å². The molecule has 0 radical (unpaired) electrons. The zero-order chi connectivity index (χ0) is 11.5. The second kappa shape index (κ2) is 4.53. The Bertz CT molecular complexity index is 402. The minimum atomic E-state index is -0.514. The first-order chi connectivity index (χ1) is 7.66. The molecule has 1 atom stereocenters. The van der Waals surface area contributed by atoms with Crippen molar-refractivity contribution in [1.29, 1.82) is 0 Å². The van der Waals surface area contributed by atoms with Crippen molar-refractivity contribution in [2.24, 2.45) is 0 Å². The van der Waals surface area contributed by atoms with Gasteiger partial charge in [0.15, 0.2) is 0 Å². The summed E-state index contributed by atoms with van der Waals surface area (Å²) in [7, 11) is 0. The molecule has 4 heteroatoms. The van der Waals surface area contributed by atoms with Gasteiger partial charge in [0.2, 0.25) is 0 Å². The molecule has 1 unspecified atom stereocenters. The molecule has 3 N–H and O–H groups in total. The molecule has 1 aromatic rings. The molecule has 1 aliphatic heterocycles. The SMILES string of the molecule is CC(O)CNC(=O)c1ccc2c(c1)CCN2. The fraction of sp³-hybridized carbons (Fsp3) is 0.417. The Labute approximate surface area is 94.7 Å². The number of hydrogen-bond acceptors (Lipinski definition) is 3. The Hall–Kier alpha value is -1.55. The van der Waals surface area contributed by atoms with Crippen molar-refractivity contribution in [2.45, 2.75) is 19.4 Å². The van der Waals surface area contributed by atoms with E-state index in [2.05, 4.69) is 10.6 Å². The maximum atomic E-state index is 11.7. The molecule has 0 bridgehead atoms. The molecule has 1 aromatic carbocycles. The number of hydrogen-bond donors (Lipinski definition) is 3. The normalized spacial score (nSPS) is 15.1. The van der Waals surface area contributed by atoms with Gasteiger partial charge in [0.25, 0.3) is 5.91 Å². The molecule has 86 valence electrons. The van der Waals surface area contributed by atoms with Gasteiger partial charge in [0, 0.05) is 24.3 Å². The van der Waals surface area contributed by atoms with Crippen molar-refractivity contribution in [3.05, 3.63) is 29.3 Å². The highest BCUT2D eigenvalue weighted by Crippen LogP contribution is 2.22. The lowest BCUT2D eigenvalue weighted by molar-refractivity contribution is 0.0924. The number of aliphatic hydroxyl groups excluding tert-OH is 1. The Morgan fingerprint density at radius 1 is 1.62 bits per heavy atom. The number of fused-ring (bicyclic) bond motifs is 1. The van der Waals surface area contributed by atoms with Crippen molar-refractivity contribution in [3.63, 3.8) is 0 Å². The number of carbonyl (C=O) groups is 1. The standard InChI is InChI=1S/C12H16N2O2/c1-8(15)7-14-12(16)10-2-3-11-9(6-10)4-5-13-11/h2-3,6,8,13,15H,4-5,7H2,1H3,(H,14,16). The quantitative estimate of drug-likeness (QED) is 0.705. The lowest BCUT2D eigenvalue weighted by Crippen LogP contribution is -2.30. The highest BCUT2D eigenvalue weighted by atomic mass is 16.3. The van der Waals surface area contributed by atoms with Crippen LogP contribution in [0.4, 0.5) is 5.69 Å². The number of anilines is 1. The largest absolute Gasteiger partial charge is 0.392 e. The Morgan fingerprint density at radius 3 is 3.19 bits per heavy atom. The summed E-state index contributed by atoms with van der Waals surface area (Å²) < 4.78 is 0. The fourth-order valence-electron chi connectivity index (χ4n) is 1.79. The summed E-state index contributed by atoms with van der Waals surface area (Å²) >= 11 is 0. The molecule has 1 aliphatic rings. The third-order valence-corrected chi connectivity index (χ3v) is 2.64. The molecule has 1 heterocycles. The minimum absolute atomic E-state index is 0.129. The number of rotatable bonds is 3. The molecular weight excluding hydrogens is 204 g/mol. The third kappa shape index (κ3) is 2.33. The summed E-state index contributed by atoms with van der Waals surface area (Å²) in [5.41, 5.74) is 2.96. The van der Waals surface area contributed by atoms with Crippen LogP contribution in [0.2, 0.25) is 0 Å². The first-order valence-corrected chi connectivity index (χ1v) is 5.50. The average molecular weight is 220 g/mol. The summed E-state index contributed by atoms with van der Waals surface area (Å²) in [5, 5.41) is 15.0. The van der Waals surface area contributed by atoms with Gasteiger partial charge in [0.1, 0.15) is 0 Å². The summed E-state index contributed by atoms with van der Waals surface area (Å²) in [6.45, 7) is 2.87. The van der Waals surface area contributed by atoms with Gasteiger partial charge < -0.3 is 15.7 Å². The van der Waals surface area contributed by atoms with Gasteiger partial charge in [-0.1, -0.05) is 0 Å². The molecule has 0 spiro atoms. The van der Waals surface area contributed by atoms with Crippen LogP contribution < -0.4 is 10.6 Å². The van der Waals surface area contributed by atoms with Crippen LogP contribution in [0.5, 0.6) is 0 Å². The van der Waals surface area contributed by atoms with Gasteiger partial charge >= 0.3 is 0 Å². The van der Waals surface area contributed by atoms with E-state index in [4.69, 9.17) is 5.11 Å². The van der Waals surface area contributed by atoms with Crippen molar-refractivity contribution < 1.29 is 9.90 Å². The summed E-state index contributed by atoms with van der Waals surface area (Å²) in [6.07, 6.45) is 0.451. The summed E-state index contributed by atoms with van der Waals surface area (Å²) in [4.78, 5) is 11.7. The van der Waals surface area contributed by atoms with Gasteiger partial charge in [-0.05, 0) is 37.1 Å². The Morgan fingerprint density at radius 2 is 2.44 bits per heavy atom. The third-order valence-electron chi connectivity index (χ3n) is 2.64. The monoisotopic (exact) mass is 220 g/mol. The highest BCUT2D eigenvalue weighted by Gasteiger charge is 2.13. The molecule has 1 amide bonds. The Kier molecular flexibility index (Phi) is 3.10. The van der Waals surface area contributed by atoms with Crippen molar-refractivity contribution >= 4 is 11.6 Å². The molecule has 4 nitrogen and oxygen atoms in total. The lowest BCUT2D eigenvalue weighted by atomic mass is 10.1. The number of nitrogens with one attached hydrogen (secondary N) is 2. The van der Waals surface area contributed by atoms with E-state index in [1.165, 1.54) is 5.56 Å². The van der Waals surface area contributed by atoms with Gasteiger partial charge in [-0.2, -0.15) is 0 Å². The Balaban J connectivity index is 2.06. The minimum Gasteiger partial charge on any atom is -0.392 e. The molecule has 0 saturated carbocycles. The second-order valence-electron chi connectivity index (χ2n) is 4.11. The van der Waals surface area contributed by atoms with Crippen LogP contribution in [-0.2, 0) is 6.42 Å². The molecular formula is C12H16N2O2. The molecule has 0 aromatic heterocycles. The lowest BCUT2D eigenvalue weighted by Gasteiger charge is -2.08. The van der Waals surface area contributed by atoms with Crippen molar-refractivity contribution in [1.82, 2.24) is 5.32 Å². The van der Waals surface area contributed by atoms with Crippen molar-refractivity contribution in [2.75, 3.05) is 18.4 Å². The number of amides is 1. The van der Waals surface area contributed by atoms with Crippen molar-refractivity contribution in [3.8, 4) is 0 Å². The average Bonchev–Trinajstić information content (AvgIpc) is 2.72.